The Kier molecular flexibility index (Phi) is 3.33. The third-order valence-corrected chi connectivity index (χ3v) is 4.15. The van der Waals surface area contributed by atoms with Gasteiger partial charge < -0.3 is 9.47 Å². The molecule has 20 heavy (non-hydrogen) atoms. The lowest BCUT2D eigenvalue weighted by Gasteiger charge is -2.28. The number of carbonyl (C=O) groups excluding carboxylic acids is 1. The van der Waals surface area contributed by atoms with Crippen LogP contribution in [0.2, 0.25) is 0 Å². The van der Waals surface area contributed by atoms with Gasteiger partial charge in [-0.3, -0.25) is 9.69 Å². The smallest absolute Gasteiger partial charge is 0.249 e. The molecule has 0 bridgehead atoms. The number of fused-ring (bicyclic) bond motifs is 1. The Morgan fingerprint density at radius 3 is 2.85 bits per heavy atom. The summed E-state index contributed by atoms with van der Waals surface area (Å²) in [5, 5.41) is 8.67. The average Bonchev–Trinajstić information content (AvgIpc) is 3.02. The molecule has 1 fully saturated rings. The van der Waals surface area contributed by atoms with Crippen LogP contribution in [0.25, 0.3) is 0 Å². The number of rotatable bonds is 2. The Labute approximate surface area is 119 Å². The molecule has 3 rings (SSSR count). The van der Waals surface area contributed by atoms with E-state index >= 15 is 0 Å². The molecule has 1 aromatic rings. The number of hydrogen-bond donors (Lipinski definition) is 0. The summed E-state index contributed by atoms with van der Waals surface area (Å²) in [6, 6.07) is 0.0591. The molecule has 0 spiro atoms. The van der Waals surface area contributed by atoms with Gasteiger partial charge in [0.25, 0.3) is 0 Å². The number of amides is 1. The highest BCUT2D eigenvalue weighted by atomic mass is 16.2. The molecule has 1 amide bonds. The summed E-state index contributed by atoms with van der Waals surface area (Å²) in [4.78, 5) is 16.4. The lowest BCUT2D eigenvalue weighted by atomic mass is 10.2. The molecule has 0 aliphatic carbocycles. The van der Waals surface area contributed by atoms with E-state index in [1.165, 1.54) is 0 Å². The fraction of sp³-hybridized carbons (Fsp3) is 0.643. The van der Waals surface area contributed by atoms with Crippen LogP contribution >= 0.6 is 0 Å². The van der Waals surface area contributed by atoms with Crippen molar-refractivity contribution in [1.82, 2.24) is 24.6 Å². The zero-order valence-corrected chi connectivity index (χ0v) is 12.2. The van der Waals surface area contributed by atoms with Gasteiger partial charge in [0, 0.05) is 25.2 Å². The van der Waals surface area contributed by atoms with Crippen LogP contribution in [-0.2, 0) is 17.9 Å². The van der Waals surface area contributed by atoms with Crippen molar-refractivity contribution in [3.05, 3.63) is 23.8 Å². The van der Waals surface area contributed by atoms with Gasteiger partial charge in [-0.2, -0.15) is 0 Å². The van der Waals surface area contributed by atoms with Crippen LogP contribution in [-0.4, -0.2) is 50.6 Å². The summed E-state index contributed by atoms with van der Waals surface area (Å²) >= 11 is 0. The minimum absolute atomic E-state index is 0.0396. The largest absolute Gasteiger partial charge is 0.329 e. The lowest BCUT2D eigenvalue weighted by molar-refractivity contribution is -0.128. The molecule has 6 nitrogen and oxygen atoms in total. The number of carbonyl (C=O) groups is 1. The maximum Gasteiger partial charge on any atom is 0.249 e. The van der Waals surface area contributed by atoms with Gasteiger partial charge >= 0.3 is 0 Å². The molecule has 0 radical (unpaired) electrons. The lowest BCUT2D eigenvalue weighted by Crippen LogP contribution is -2.35. The van der Waals surface area contributed by atoms with E-state index in [4.69, 9.17) is 0 Å². The molecule has 0 N–H and O–H groups in total. The number of hydrogen-bond acceptors (Lipinski definition) is 4. The summed E-state index contributed by atoms with van der Waals surface area (Å²) in [6.45, 7) is 9.06. The Morgan fingerprint density at radius 1 is 1.30 bits per heavy atom. The fourth-order valence-electron chi connectivity index (χ4n) is 3.07. The Bertz CT molecular complexity index is 550. The van der Waals surface area contributed by atoms with Crippen LogP contribution in [0.5, 0.6) is 0 Å². The average molecular weight is 275 g/mol. The zero-order chi connectivity index (χ0) is 14.3. The third kappa shape index (κ3) is 2.14. The molecule has 1 saturated heterocycles. The van der Waals surface area contributed by atoms with Gasteiger partial charge in [-0.25, -0.2) is 0 Å². The van der Waals surface area contributed by atoms with Crippen molar-refractivity contribution < 1.29 is 4.79 Å². The molecule has 2 aliphatic heterocycles. The van der Waals surface area contributed by atoms with Gasteiger partial charge in [-0.05, 0) is 26.8 Å². The quantitative estimate of drug-likeness (QED) is 0.755. The molecule has 108 valence electrons. The standard InChI is InChI=1S/C14H21N5O/c1-10(2)14(20)18-6-4-5-11(18)13-16-15-12-9-17(3)7-8-19(12)13/h11H,1,4-9H2,2-3H3. The van der Waals surface area contributed by atoms with Crippen molar-refractivity contribution in [3.63, 3.8) is 0 Å². The first kappa shape index (κ1) is 13.3. The predicted molar refractivity (Wildman–Crippen MR) is 74.9 cm³/mol. The fourth-order valence-corrected chi connectivity index (χ4v) is 3.07. The van der Waals surface area contributed by atoms with Gasteiger partial charge in [-0.15, -0.1) is 10.2 Å². The predicted octanol–water partition coefficient (Wildman–Crippen LogP) is 0.963. The molecule has 0 saturated carbocycles. The normalized spacial score (nSPS) is 22.9. The van der Waals surface area contributed by atoms with E-state index in [9.17, 15) is 4.79 Å². The maximum absolute atomic E-state index is 12.2. The van der Waals surface area contributed by atoms with Gasteiger partial charge in [-0.1, -0.05) is 6.58 Å². The van der Waals surface area contributed by atoms with E-state index in [0.29, 0.717) is 5.57 Å². The summed E-state index contributed by atoms with van der Waals surface area (Å²) in [7, 11) is 2.09. The van der Waals surface area contributed by atoms with E-state index in [-0.39, 0.29) is 11.9 Å². The first-order valence-corrected chi connectivity index (χ1v) is 7.15. The number of likely N-dealkylation sites (tertiary alicyclic amines) is 1. The van der Waals surface area contributed by atoms with Crippen LogP contribution in [0.1, 0.15) is 37.5 Å². The Hall–Kier alpha value is -1.69. The van der Waals surface area contributed by atoms with E-state index in [2.05, 4.69) is 33.3 Å². The second-order valence-corrected chi connectivity index (χ2v) is 5.80. The van der Waals surface area contributed by atoms with Crippen LogP contribution in [0.15, 0.2) is 12.2 Å². The first-order chi connectivity index (χ1) is 9.58. The van der Waals surface area contributed by atoms with Crippen molar-refractivity contribution in [1.29, 1.82) is 0 Å². The number of likely N-dealkylation sites (N-methyl/N-ethyl adjacent to an activating group) is 1. The first-order valence-electron chi connectivity index (χ1n) is 7.15. The highest BCUT2D eigenvalue weighted by Crippen LogP contribution is 2.32. The molecule has 0 aromatic carbocycles. The number of nitrogens with zero attached hydrogens (tertiary/aromatic N) is 5. The van der Waals surface area contributed by atoms with Crippen molar-refractivity contribution in [2.24, 2.45) is 0 Å². The zero-order valence-electron chi connectivity index (χ0n) is 12.2. The van der Waals surface area contributed by atoms with E-state index < -0.39 is 0 Å². The molecule has 1 aromatic heterocycles. The summed E-state index contributed by atoms with van der Waals surface area (Å²) < 4.78 is 2.19. The van der Waals surface area contributed by atoms with Crippen molar-refractivity contribution in [3.8, 4) is 0 Å². The molecule has 1 atom stereocenters. The van der Waals surface area contributed by atoms with Crippen molar-refractivity contribution in [2.45, 2.75) is 38.9 Å². The summed E-state index contributed by atoms with van der Waals surface area (Å²) in [5.41, 5.74) is 0.593. The van der Waals surface area contributed by atoms with Crippen LogP contribution < -0.4 is 0 Å². The van der Waals surface area contributed by atoms with E-state index in [1.54, 1.807) is 6.92 Å². The molecule has 3 heterocycles. The van der Waals surface area contributed by atoms with E-state index in [0.717, 1.165) is 50.7 Å². The molecule has 6 heteroatoms. The molecule has 1 unspecified atom stereocenters. The second-order valence-electron chi connectivity index (χ2n) is 5.80. The van der Waals surface area contributed by atoms with Crippen molar-refractivity contribution >= 4 is 5.91 Å². The second kappa shape index (κ2) is 5.01. The third-order valence-electron chi connectivity index (χ3n) is 4.15. The highest BCUT2D eigenvalue weighted by Gasteiger charge is 2.34. The van der Waals surface area contributed by atoms with Gasteiger partial charge in [0.05, 0.1) is 12.6 Å². The van der Waals surface area contributed by atoms with Gasteiger partial charge in [0.1, 0.15) is 5.82 Å². The van der Waals surface area contributed by atoms with E-state index in [1.807, 2.05) is 4.90 Å². The monoisotopic (exact) mass is 275 g/mol. The molecular weight excluding hydrogens is 254 g/mol. The van der Waals surface area contributed by atoms with Crippen LogP contribution in [0.3, 0.4) is 0 Å². The van der Waals surface area contributed by atoms with Crippen LogP contribution in [0, 0.1) is 0 Å². The van der Waals surface area contributed by atoms with Crippen molar-refractivity contribution in [2.75, 3.05) is 20.1 Å². The minimum Gasteiger partial charge on any atom is -0.329 e. The van der Waals surface area contributed by atoms with Crippen LogP contribution in [0.4, 0.5) is 0 Å². The number of aromatic nitrogens is 3. The highest BCUT2D eigenvalue weighted by molar-refractivity contribution is 5.92. The molecular formula is C14H21N5O. The minimum atomic E-state index is 0.0396. The topological polar surface area (TPSA) is 54.3 Å². The maximum atomic E-state index is 12.2. The summed E-state index contributed by atoms with van der Waals surface area (Å²) in [5.74, 6) is 1.99. The van der Waals surface area contributed by atoms with Gasteiger partial charge in [0.15, 0.2) is 5.82 Å². The SMILES string of the molecule is C=C(C)C(=O)N1CCCC1c1nnc2n1CCN(C)C2. The summed E-state index contributed by atoms with van der Waals surface area (Å²) in [6.07, 6.45) is 1.98. The molecule has 2 aliphatic rings. The van der Waals surface area contributed by atoms with Gasteiger partial charge in [0.2, 0.25) is 5.91 Å². The Balaban J connectivity index is 1.89. The Morgan fingerprint density at radius 2 is 2.10 bits per heavy atom.